The summed E-state index contributed by atoms with van der Waals surface area (Å²) in [5, 5.41) is 4.97. The van der Waals surface area contributed by atoms with Gasteiger partial charge in [-0.2, -0.15) is 4.98 Å². The fourth-order valence-corrected chi connectivity index (χ4v) is 5.07. The van der Waals surface area contributed by atoms with Crippen LogP contribution in [0.5, 0.6) is 11.6 Å². The lowest BCUT2D eigenvalue weighted by Gasteiger charge is -2.34. The number of carbonyl (C=O) groups is 2. The van der Waals surface area contributed by atoms with Crippen LogP contribution in [0, 0.1) is 11.6 Å². The van der Waals surface area contributed by atoms with Crippen LogP contribution in [0.4, 0.5) is 30.9 Å². The van der Waals surface area contributed by atoms with Crippen molar-refractivity contribution in [1.29, 1.82) is 0 Å². The van der Waals surface area contributed by atoms with E-state index in [0.717, 1.165) is 6.07 Å². The number of carbonyl (C=O) groups excluding carboxylic acids is 2. The molecule has 0 aliphatic carbocycles. The van der Waals surface area contributed by atoms with E-state index in [2.05, 4.69) is 10.6 Å². The van der Waals surface area contributed by atoms with Gasteiger partial charge in [-0.1, -0.05) is 12.1 Å². The molecule has 11 nitrogen and oxygen atoms in total. The van der Waals surface area contributed by atoms with Crippen molar-refractivity contribution in [3.05, 3.63) is 53.6 Å². The maximum Gasteiger partial charge on any atom is 0.323 e. The molecule has 0 bridgehead atoms. The van der Waals surface area contributed by atoms with Crippen molar-refractivity contribution in [2.75, 3.05) is 55.5 Å². The fraction of sp³-hybridized carbons (Fsp3) is 0.400. The number of nitrogens with one attached hydrogen (secondary N) is 2. The Morgan fingerprint density at radius 3 is 2.56 bits per heavy atom. The molecule has 2 aromatic carbocycles. The average molecular weight is 597 g/mol. The molecule has 1 saturated heterocycles. The second-order valence-electron chi connectivity index (χ2n) is 11.0. The molecule has 1 aromatic heterocycles. The van der Waals surface area contributed by atoms with Crippen molar-refractivity contribution in [3.8, 4) is 22.9 Å². The zero-order valence-corrected chi connectivity index (χ0v) is 24.7. The first kappa shape index (κ1) is 30.0. The first-order chi connectivity index (χ1) is 20.5. The number of ether oxygens (including phenoxy) is 3. The summed E-state index contributed by atoms with van der Waals surface area (Å²) in [6.45, 7) is 10.2. The van der Waals surface area contributed by atoms with Crippen LogP contribution in [0.25, 0.3) is 11.3 Å². The third-order valence-electron chi connectivity index (χ3n) is 7.22. The summed E-state index contributed by atoms with van der Waals surface area (Å²) in [7, 11) is 1.24. The molecular weight excluding hydrogens is 562 g/mol. The number of nitrogens with zero attached hydrogens (tertiary/aromatic N) is 4. The van der Waals surface area contributed by atoms with Crippen LogP contribution in [0.2, 0.25) is 0 Å². The quantitative estimate of drug-likeness (QED) is 0.411. The second kappa shape index (κ2) is 12.0. The van der Waals surface area contributed by atoms with Gasteiger partial charge >= 0.3 is 6.03 Å². The van der Waals surface area contributed by atoms with Gasteiger partial charge in [0.15, 0.2) is 11.6 Å². The highest BCUT2D eigenvalue weighted by Crippen LogP contribution is 2.37. The summed E-state index contributed by atoms with van der Waals surface area (Å²) in [6.07, 6.45) is 0. The molecule has 3 aromatic rings. The van der Waals surface area contributed by atoms with Crippen LogP contribution in [0.3, 0.4) is 0 Å². The minimum absolute atomic E-state index is 0.0114. The Balaban J connectivity index is 1.48. The molecule has 2 aliphatic heterocycles. The number of likely N-dealkylation sites (N-methyl/N-ethyl adjacent to an activating group) is 1. The van der Waals surface area contributed by atoms with Crippen LogP contribution in [0.1, 0.15) is 38.1 Å². The Kier molecular flexibility index (Phi) is 8.36. The number of rotatable bonds is 6. The van der Waals surface area contributed by atoms with Crippen molar-refractivity contribution >= 4 is 29.3 Å². The summed E-state index contributed by atoms with van der Waals surface area (Å²) in [4.78, 5) is 39.7. The Bertz CT molecular complexity index is 1530. The second-order valence-corrected chi connectivity index (χ2v) is 11.0. The van der Waals surface area contributed by atoms with Crippen molar-refractivity contribution in [2.45, 2.75) is 39.3 Å². The molecule has 2 aliphatic rings. The van der Waals surface area contributed by atoms with Gasteiger partial charge < -0.3 is 34.6 Å². The molecule has 0 saturated carbocycles. The van der Waals surface area contributed by atoms with Gasteiger partial charge in [0.25, 0.3) is 5.91 Å². The first-order valence-corrected chi connectivity index (χ1v) is 14.0. The molecule has 0 radical (unpaired) electrons. The molecule has 3 amide bonds. The van der Waals surface area contributed by atoms with E-state index in [1.807, 2.05) is 32.6 Å². The lowest BCUT2D eigenvalue weighted by atomic mass is 10.0. The highest BCUT2D eigenvalue weighted by atomic mass is 19.1. The SMILES string of the molecule is CCN1CC(C)(C)Oc2nc(N3CCOC[C@@H]3C)nc(-c3ccc(NC(=O)Nc4cc(OC)c(F)cc4F)cc3)c2C1=O. The van der Waals surface area contributed by atoms with E-state index in [-0.39, 0.29) is 34.8 Å². The largest absolute Gasteiger partial charge is 0.494 e. The number of anilines is 3. The van der Waals surface area contributed by atoms with E-state index in [0.29, 0.717) is 61.8 Å². The lowest BCUT2D eigenvalue weighted by Crippen LogP contribution is -2.44. The molecular formula is C30H34F2N6O5. The number of methoxy groups -OCH3 is 1. The van der Waals surface area contributed by atoms with Gasteiger partial charge in [-0.05, 0) is 39.8 Å². The standard InChI is InChI=1S/C30H34F2N6O5/c1-6-37-16-30(3,4)43-26-24(27(37)39)25(35-28(36-26)38-11-12-42-15-17(38)2)18-7-9-19(10-8-18)33-29(40)34-22-14-23(41-5)21(32)13-20(22)31/h7-10,13-14,17H,6,11-12,15-16H2,1-5H3,(H2,33,34,40)/t17-/m0/s1. The van der Waals surface area contributed by atoms with Gasteiger partial charge in [0, 0.05) is 36.5 Å². The summed E-state index contributed by atoms with van der Waals surface area (Å²) < 4.78 is 44.7. The van der Waals surface area contributed by atoms with E-state index < -0.39 is 23.3 Å². The Morgan fingerprint density at radius 1 is 1.14 bits per heavy atom. The van der Waals surface area contributed by atoms with Gasteiger partial charge in [0.05, 0.1) is 44.3 Å². The molecule has 43 heavy (non-hydrogen) atoms. The predicted molar refractivity (Wildman–Crippen MR) is 157 cm³/mol. The van der Waals surface area contributed by atoms with Crippen molar-refractivity contribution in [1.82, 2.24) is 14.9 Å². The molecule has 2 N–H and O–H groups in total. The number of amides is 3. The smallest absolute Gasteiger partial charge is 0.323 e. The molecule has 0 spiro atoms. The minimum atomic E-state index is -0.949. The summed E-state index contributed by atoms with van der Waals surface area (Å²) in [6, 6.07) is 7.64. The molecule has 1 atom stereocenters. The van der Waals surface area contributed by atoms with Crippen LogP contribution in [-0.2, 0) is 4.74 Å². The maximum absolute atomic E-state index is 14.2. The number of fused-ring (bicyclic) bond motifs is 1. The Hall–Kier alpha value is -4.52. The maximum atomic E-state index is 14.2. The van der Waals surface area contributed by atoms with E-state index in [1.54, 1.807) is 29.2 Å². The van der Waals surface area contributed by atoms with Crippen molar-refractivity contribution in [2.24, 2.45) is 0 Å². The number of halogens is 2. The van der Waals surface area contributed by atoms with Gasteiger partial charge in [0.2, 0.25) is 11.8 Å². The first-order valence-electron chi connectivity index (χ1n) is 14.0. The topological polar surface area (TPSA) is 118 Å². The molecule has 5 rings (SSSR count). The predicted octanol–water partition coefficient (Wildman–Crippen LogP) is 4.93. The van der Waals surface area contributed by atoms with Crippen molar-refractivity contribution in [3.63, 3.8) is 0 Å². The normalized spacial score (nSPS) is 17.9. The number of aromatic nitrogens is 2. The minimum Gasteiger partial charge on any atom is -0.494 e. The van der Waals surface area contributed by atoms with E-state index in [4.69, 9.17) is 24.2 Å². The zero-order valence-electron chi connectivity index (χ0n) is 24.7. The third-order valence-corrected chi connectivity index (χ3v) is 7.22. The Labute approximate surface area is 248 Å². The summed E-state index contributed by atoms with van der Waals surface area (Å²) in [5.41, 5.74) is 0.715. The monoisotopic (exact) mass is 596 g/mol. The third kappa shape index (κ3) is 6.31. The number of hydrogen-bond donors (Lipinski definition) is 2. The fourth-order valence-electron chi connectivity index (χ4n) is 5.07. The van der Waals surface area contributed by atoms with E-state index in [9.17, 15) is 18.4 Å². The summed E-state index contributed by atoms with van der Waals surface area (Å²) in [5.74, 6) is -1.64. The molecule has 0 unspecified atom stereocenters. The number of urea groups is 1. The van der Waals surface area contributed by atoms with Crippen LogP contribution < -0.4 is 25.0 Å². The molecule has 228 valence electrons. The zero-order chi connectivity index (χ0) is 30.9. The lowest BCUT2D eigenvalue weighted by molar-refractivity contribution is 0.0541. The molecule has 3 heterocycles. The van der Waals surface area contributed by atoms with Gasteiger partial charge in [-0.3, -0.25) is 4.79 Å². The highest BCUT2D eigenvalue weighted by Gasteiger charge is 2.38. The van der Waals surface area contributed by atoms with E-state index >= 15 is 0 Å². The number of hydrogen-bond acceptors (Lipinski definition) is 8. The van der Waals surface area contributed by atoms with Crippen LogP contribution in [-0.4, -0.2) is 78.4 Å². The summed E-state index contributed by atoms with van der Waals surface area (Å²) >= 11 is 0. The van der Waals surface area contributed by atoms with Gasteiger partial charge in [-0.15, -0.1) is 0 Å². The average Bonchev–Trinajstić information content (AvgIpc) is 3.07. The molecule has 13 heteroatoms. The van der Waals surface area contributed by atoms with Crippen molar-refractivity contribution < 1.29 is 32.6 Å². The number of morpholine rings is 1. The van der Waals surface area contributed by atoms with Gasteiger partial charge in [0.1, 0.15) is 17.0 Å². The highest BCUT2D eigenvalue weighted by molar-refractivity contribution is 6.03. The molecule has 1 fully saturated rings. The number of benzene rings is 2. The Morgan fingerprint density at radius 2 is 1.88 bits per heavy atom. The van der Waals surface area contributed by atoms with Crippen LogP contribution in [0.15, 0.2) is 36.4 Å². The van der Waals surface area contributed by atoms with Gasteiger partial charge in [-0.25, -0.2) is 18.6 Å². The van der Waals surface area contributed by atoms with E-state index in [1.165, 1.54) is 7.11 Å². The van der Waals surface area contributed by atoms with Crippen LogP contribution >= 0.6 is 0 Å².